The summed E-state index contributed by atoms with van der Waals surface area (Å²) in [6.45, 7) is 9.87. The number of fused-ring (bicyclic) bond motifs is 1. The topological polar surface area (TPSA) is 67.3 Å². The molecule has 5 rings (SSSR count). The molecule has 7 nitrogen and oxygen atoms in total. The number of likely N-dealkylation sites (N-methyl/N-ethyl adjacent to an activating group) is 1. The van der Waals surface area contributed by atoms with Crippen molar-refractivity contribution in [3.05, 3.63) is 68.4 Å². The number of hydrogen-bond acceptors (Lipinski definition) is 5. The van der Waals surface area contributed by atoms with Gasteiger partial charge in [-0.2, -0.15) is 0 Å². The Hall–Kier alpha value is -1.85. The maximum atomic E-state index is 13.6. The number of amides is 1. The minimum atomic E-state index is -0.833. The van der Waals surface area contributed by atoms with Crippen LogP contribution in [0.25, 0.3) is 0 Å². The molecule has 3 aliphatic heterocycles. The van der Waals surface area contributed by atoms with Crippen LogP contribution in [0.15, 0.2) is 51.4 Å². The smallest absolute Gasteiger partial charge is 0.300 e. The number of benzene rings is 2. The molecule has 2 aromatic carbocycles. The maximum absolute atomic E-state index is 13.6. The number of carboxylic acid groups (broad SMARTS) is 1. The van der Waals surface area contributed by atoms with Gasteiger partial charge in [0.2, 0.25) is 0 Å². The summed E-state index contributed by atoms with van der Waals surface area (Å²) in [4.78, 5) is 32.0. The predicted octanol–water partition coefficient (Wildman–Crippen LogP) is 5.54. The van der Waals surface area contributed by atoms with Crippen LogP contribution in [-0.2, 0) is 4.79 Å². The number of nitrogens with zero attached hydrogens (tertiary/aromatic N) is 4. The lowest BCUT2D eigenvalue weighted by molar-refractivity contribution is -0.134. The summed E-state index contributed by atoms with van der Waals surface area (Å²) < 4.78 is 15.4. The van der Waals surface area contributed by atoms with Gasteiger partial charge in [0.05, 0.1) is 0 Å². The van der Waals surface area contributed by atoms with Gasteiger partial charge >= 0.3 is 0 Å². The molecule has 224 valence electrons. The largest absolute Gasteiger partial charge is 0.481 e. The van der Waals surface area contributed by atoms with Crippen molar-refractivity contribution in [1.29, 1.82) is 0 Å². The Kier molecular flexibility index (Phi) is 11.8. The van der Waals surface area contributed by atoms with Gasteiger partial charge in [0.15, 0.2) is 0 Å². The van der Waals surface area contributed by atoms with E-state index in [1.807, 2.05) is 37.4 Å². The second kappa shape index (κ2) is 15.0. The van der Waals surface area contributed by atoms with Crippen molar-refractivity contribution in [3.63, 3.8) is 0 Å². The normalized spacial score (nSPS) is 20.8. The fraction of sp³-hybridized carbons (Fsp3) is 0.548. The Morgan fingerprint density at radius 1 is 0.976 bits per heavy atom. The van der Waals surface area contributed by atoms with Gasteiger partial charge < -0.3 is 14.9 Å². The maximum Gasteiger partial charge on any atom is 0.300 e. The number of halogens is 3. The van der Waals surface area contributed by atoms with Crippen molar-refractivity contribution in [3.8, 4) is 0 Å². The van der Waals surface area contributed by atoms with E-state index in [0.29, 0.717) is 18.2 Å². The van der Waals surface area contributed by atoms with Crippen LogP contribution in [0.2, 0.25) is 0 Å². The molecule has 1 amide bonds. The Morgan fingerprint density at radius 2 is 1.61 bits per heavy atom. The lowest BCUT2D eigenvalue weighted by Gasteiger charge is -2.51. The van der Waals surface area contributed by atoms with Crippen molar-refractivity contribution in [1.82, 2.24) is 19.6 Å². The third-order valence-electron chi connectivity index (χ3n) is 8.41. The molecular weight excluding hydrogens is 655 g/mol. The SMILES string of the molecule is CC(=O)O.CN(C[C@@H](CCN1CC(N2CCN3CCCCC3C2)C1)c1ccc(F)cc1)C(=O)c1cc(Br)cc(Br)c1. The highest BCUT2D eigenvalue weighted by Crippen LogP contribution is 2.28. The van der Waals surface area contributed by atoms with E-state index in [4.69, 9.17) is 9.90 Å². The van der Waals surface area contributed by atoms with E-state index in [2.05, 4.69) is 46.6 Å². The Balaban J connectivity index is 0.000000909. The molecule has 2 aromatic rings. The molecule has 0 bridgehead atoms. The van der Waals surface area contributed by atoms with Crippen molar-refractivity contribution >= 4 is 43.7 Å². The molecule has 41 heavy (non-hydrogen) atoms. The summed E-state index contributed by atoms with van der Waals surface area (Å²) in [5.74, 6) is -0.926. The van der Waals surface area contributed by atoms with E-state index in [9.17, 15) is 9.18 Å². The number of carboxylic acids is 1. The monoisotopic (exact) mass is 694 g/mol. The molecule has 0 radical (unpaired) electrons. The number of likely N-dealkylation sites (tertiary alicyclic amines) is 1. The third kappa shape index (κ3) is 9.32. The molecule has 3 fully saturated rings. The fourth-order valence-electron chi connectivity index (χ4n) is 6.22. The van der Waals surface area contributed by atoms with Crippen molar-refractivity contribution in [2.45, 2.75) is 50.6 Å². The number of carbonyl (C=O) groups is 2. The average Bonchev–Trinajstić information content (AvgIpc) is 2.90. The molecule has 0 aromatic heterocycles. The van der Waals surface area contributed by atoms with Gasteiger partial charge in [-0.25, -0.2) is 4.39 Å². The van der Waals surface area contributed by atoms with Crippen LogP contribution in [0.1, 0.15) is 54.4 Å². The van der Waals surface area contributed by atoms with Gasteiger partial charge in [-0.1, -0.05) is 50.4 Å². The first kappa shape index (κ1) is 32.1. The van der Waals surface area contributed by atoms with Gasteiger partial charge in [0.1, 0.15) is 5.82 Å². The molecule has 3 saturated heterocycles. The number of hydrogen-bond donors (Lipinski definition) is 1. The van der Waals surface area contributed by atoms with Crippen LogP contribution in [0.3, 0.4) is 0 Å². The van der Waals surface area contributed by atoms with Crippen LogP contribution in [0.4, 0.5) is 4.39 Å². The summed E-state index contributed by atoms with van der Waals surface area (Å²) >= 11 is 6.97. The number of piperazine rings is 1. The van der Waals surface area contributed by atoms with Crippen LogP contribution in [-0.4, -0.2) is 108 Å². The summed E-state index contributed by atoms with van der Waals surface area (Å²) in [6.07, 6.45) is 5.04. The van der Waals surface area contributed by atoms with Crippen molar-refractivity contribution in [2.24, 2.45) is 0 Å². The minimum absolute atomic E-state index is 0.0139. The van der Waals surface area contributed by atoms with Gasteiger partial charge in [-0.05, 0) is 68.2 Å². The molecule has 3 heterocycles. The second-order valence-electron chi connectivity index (χ2n) is 11.5. The molecule has 2 atom stereocenters. The van der Waals surface area contributed by atoms with E-state index in [-0.39, 0.29) is 17.6 Å². The van der Waals surface area contributed by atoms with Crippen molar-refractivity contribution in [2.75, 3.05) is 59.4 Å². The first-order valence-corrected chi connectivity index (χ1v) is 16.0. The Morgan fingerprint density at radius 3 is 2.27 bits per heavy atom. The van der Waals surface area contributed by atoms with Gasteiger partial charge in [-0.3, -0.25) is 19.4 Å². The first-order valence-electron chi connectivity index (χ1n) is 14.5. The van der Waals surface area contributed by atoms with E-state index >= 15 is 0 Å². The molecule has 3 aliphatic rings. The summed E-state index contributed by atoms with van der Waals surface area (Å²) in [5, 5.41) is 7.42. The molecule has 1 unspecified atom stereocenters. The quantitative estimate of drug-likeness (QED) is 0.391. The zero-order chi connectivity index (χ0) is 29.5. The highest BCUT2D eigenvalue weighted by molar-refractivity contribution is 9.11. The van der Waals surface area contributed by atoms with Gasteiger partial charge in [0, 0.05) is 85.8 Å². The average molecular weight is 697 g/mol. The zero-order valence-electron chi connectivity index (χ0n) is 23.9. The number of aliphatic carboxylic acids is 1. The number of rotatable bonds is 8. The molecular formula is C31H41Br2FN4O3. The first-order chi connectivity index (χ1) is 19.6. The van der Waals surface area contributed by atoms with Crippen LogP contribution in [0, 0.1) is 5.82 Å². The summed E-state index contributed by atoms with van der Waals surface area (Å²) in [5.41, 5.74) is 1.73. The Labute approximate surface area is 259 Å². The zero-order valence-corrected chi connectivity index (χ0v) is 27.1. The van der Waals surface area contributed by atoms with Crippen LogP contribution >= 0.6 is 31.9 Å². The second-order valence-corrected chi connectivity index (χ2v) is 13.3. The minimum Gasteiger partial charge on any atom is -0.481 e. The van der Waals surface area contributed by atoms with Crippen molar-refractivity contribution < 1.29 is 19.1 Å². The number of piperidine rings is 1. The molecule has 0 saturated carbocycles. The highest BCUT2D eigenvalue weighted by atomic mass is 79.9. The molecule has 1 N–H and O–H groups in total. The van der Waals surface area contributed by atoms with E-state index in [0.717, 1.165) is 53.5 Å². The molecule has 0 aliphatic carbocycles. The predicted molar refractivity (Wildman–Crippen MR) is 167 cm³/mol. The lowest BCUT2D eigenvalue weighted by atomic mass is 9.93. The lowest BCUT2D eigenvalue weighted by Crippen LogP contribution is -2.65. The van der Waals surface area contributed by atoms with E-state index in [1.54, 1.807) is 4.90 Å². The molecule has 10 heteroatoms. The van der Waals surface area contributed by atoms with E-state index in [1.165, 1.54) is 57.6 Å². The van der Waals surface area contributed by atoms with Crippen LogP contribution in [0.5, 0.6) is 0 Å². The number of carbonyl (C=O) groups excluding carboxylic acids is 1. The highest BCUT2D eigenvalue weighted by Gasteiger charge is 2.37. The van der Waals surface area contributed by atoms with Gasteiger partial charge in [-0.15, -0.1) is 0 Å². The summed E-state index contributed by atoms with van der Waals surface area (Å²) in [6, 6.07) is 13.9. The van der Waals surface area contributed by atoms with E-state index < -0.39 is 5.97 Å². The van der Waals surface area contributed by atoms with Crippen LogP contribution < -0.4 is 0 Å². The standard InChI is InChI=1S/C29H37Br2FN4O.C2H4O2/c1-33(29(37)23-14-24(30)16-25(31)15-23)17-22(21-5-7-26(32)8-6-21)9-11-34-18-28(19-34)36-13-12-35-10-3-2-4-27(35)20-36;1-2(3)4/h5-8,14-16,22,27-28H,2-4,9-13,17-20H2,1H3;1H3,(H,3,4)/t22-,27?;/m1./s1. The molecule has 0 spiro atoms. The third-order valence-corrected chi connectivity index (χ3v) is 9.32. The fourth-order valence-corrected chi connectivity index (χ4v) is 7.51. The summed E-state index contributed by atoms with van der Waals surface area (Å²) in [7, 11) is 1.86. The van der Waals surface area contributed by atoms with Gasteiger partial charge in [0.25, 0.3) is 11.9 Å². The Bertz CT molecular complexity index is 1150.